The Morgan fingerprint density at radius 3 is 2.61 bits per heavy atom. The minimum Gasteiger partial charge on any atom is -0.444 e. The Balaban J connectivity index is 1.43. The molecule has 1 amide bonds. The van der Waals surface area contributed by atoms with Crippen molar-refractivity contribution < 1.29 is 19.0 Å². The highest BCUT2D eigenvalue weighted by molar-refractivity contribution is 5.68. The molecule has 1 aromatic carbocycles. The van der Waals surface area contributed by atoms with Gasteiger partial charge in [0.2, 0.25) is 0 Å². The van der Waals surface area contributed by atoms with E-state index in [1.165, 1.54) is 21.7 Å². The number of benzene rings is 1. The van der Waals surface area contributed by atoms with Gasteiger partial charge < -0.3 is 24.4 Å². The molecule has 3 atom stereocenters. The molecule has 2 saturated heterocycles. The first-order chi connectivity index (χ1) is 14.5. The number of hydrogen-bond acceptors (Lipinski definition) is 6. The quantitative estimate of drug-likeness (QED) is 0.703. The van der Waals surface area contributed by atoms with Crippen LogP contribution in [0.2, 0.25) is 0 Å². The summed E-state index contributed by atoms with van der Waals surface area (Å²) in [5.74, 6) is 0. The molecule has 7 heteroatoms. The molecule has 0 saturated carbocycles. The SMILES string of the molecule is CC1=c2ccccc2=C(C(C)(C)NC2OC2[C@@H]2CN(C(=O)OC(C)(C)C)CCO2)CN1. The maximum atomic E-state index is 12.4. The summed E-state index contributed by atoms with van der Waals surface area (Å²) in [5, 5.41) is 9.70. The largest absolute Gasteiger partial charge is 0.444 e. The molecule has 0 spiro atoms. The Morgan fingerprint density at radius 2 is 1.90 bits per heavy atom. The van der Waals surface area contributed by atoms with E-state index in [1.54, 1.807) is 4.90 Å². The highest BCUT2D eigenvalue weighted by Crippen LogP contribution is 2.31. The summed E-state index contributed by atoms with van der Waals surface area (Å²) in [4.78, 5) is 14.2. The molecule has 7 nitrogen and oxygen atoms in total. The van der Waals surface area contributed by atoms with Crippen LogP contribution in [-0.2, 0) is 14.2 Å². The summed E-state index contributed by atoms with van der Waals surface area (Å²) < 4.78 is 17.4. The van der Waals surface area contributed by atoms with Crippen LogP contribution in [0.15, 0.2) is 24.3 Å². The molecule has 31 heavy (non-hydrogen) atoms. The Kier molecular flexibility index (Phi) is 5.79. The van der Waals surface area contributed by atoms with Gasteiger partial charge in [-0.2, -0.15) is 0 Å². The second kappa shape index (κ2) is 8.11. The van der Waals surface area contributed by atoms with E-state index in [0.29, 0.717) is 19.7 Å². The average molecular weight is 430 g/mol. The van der Waals surface area contributed by atoms with Crippen LogP contribution in [-0.4, -0.2) is 66.8 Å². The zero-order valence-electron chi connectivity index (χ0n) is 19.5. The number of amides is 1. The number of carbonyl (C=O) groups excluding carboxylic acids is 1. The summed E-state index contributed by atoms with van der Waals surface area (Å²) >= 11 is 0. The van der Waals surface area contributed by atoms with Crippen LogP contribution in [0.1, 0.15) is 41.5 Å². The van der Waals surface area contributed by atoms with Gasteiger partial charge in [0.05, 0.1) is 13.2 Å². The fourth-order valence-corrected chi connectivity index (χ4v) is 4.37. The van der Waals surface area contributed by atoms with Gasteiger partial charge >= 0.3 is 6.09 Å². The molecule has 3 aliphatic heterocycles. The normalized spacial score (nSPS) is 26.3. The van der Waals surface area contributed by atoms with Crippen molar-refractivity contribution in [3.63, 3.8) is 0 Å². The number of ether oxygens (including phenoxy) is 3. The van der Waals surface area contributed by atoms with Gasteiger partial charge in [0.25, 0.3) is 0 Å². The van der Waals surface area contributed by atoms with Gasteiger partial charge in [0, 0.05) is 29.5 Å². The lowest BCUT2D eigenvalue weighted by atomic mass is 9.89. The van der Waals surface area contributed by atoms with Crippen molar-refractivity contribution >= 4 is 17.4 Å². The number of rotatable bonds is 4. The van der Waals surface area contributed by atoms with E-state index < -0.39 is 5.60 Å². The standard InChI is InChI=1S/C24H35N3O4/c1-15-16-9-7-8-10-17(16)18(13-25-15)24(5,6)26-21-20(30-21)19-14-27(11-12-29-19)22(28)31-23(2,3)4/h7-10,19-21,25-26H,11-14H2,1-6H3/t19-,20?,21?/m0/s1. The maximum Gasteiger partial charge on any atom is 0.410 e. The van der Waals surface area contributed by atoms with E-state index in [0.717, 1.165) is 6.54 Å². The Labute approximate surface area is 184 Å². The highest BCUT2D eigenvalue weighted by atomic mass is 16.6. The maximum absolute atomic E-state index is 12.4. The van der Waals surface area contributed by atoms with Crippen molar-refractivity contribution in [1.82, 2.24) is 15.5 Å². The van der Waals surface area contributed by atoms with Crippen molar-refractivity contribution in [3.8, 4) is 0 Å². The predicted octanol–water partition coefficient (Wildman–Crippen LogP) is 1.30. The monoisotopic (exact) mass is 429 g/mol. The molecule has 0 bridgehead atoms. The van der Waals surface area contributed by atoms with Crippen LogP contribution in [0.5, 0.6) is 0 Å². The molecule has 4 rings (SSSR count). The van der Waals surface area contributed by atoms with Crippen LogP contribution in [0.4, 0.5) is 4.79 Å². The van der Waals surface area contributed by atoms with Gasteiger partial charge in [0.15, 0.2) is 0 Å². The molecule has 0 aliphatic carbocycles. The second-order valence-electron chi connectivity index (χ2n) is 10.1. The third-order valence-electron chi connectivity index (χ3n) is 6.08. The van der Waals surface area contributed by atoms with E-state index in [2.05, 4.69) is 55.7 Å². The van der Waals surface area contributed by atoms with Crippen molar-refractivity contribution in [2.24, 2.45) is 0 Å². The fourth-order valence-electron chi connectivity index (χ4n) is 4.37. The molecule has 170 valence electrons. The number of fused-ring (bicyclic) bond motifs is 1. The topological polar surface area (TPSA) is 75.4 Å². The smallest absolute Gasteiger partial charge is 0.410 e. The third kappa shape index (κ3) is 4.89. The molecular formula is C24H35N3O4. The molecular weight excluding hydrogens is 394 g/mol. The number of hydrogen-bond donors (Lipinski definition) is 2. The molecule has 2 unspecified atom stereocenters. The lowest BCUT2D eigenvalue weighted by Gasteiger charge is -2.34. The number of epoxide rings is 1. The zero-order chi connectivity index (χ0) is 22.4. The van der Waals surface area contributed by atoms with Crippen LogP contribution >= 0.6 is 0 Å². The van der Waals surface area contributed by atoms with Gasteiger partial charge in [-0.1, -0.05) is 24.3 Å². The summed E-state index contributed by atoms with van der Waals surface area (Å²) in [5.41, 5.74) is 1.74. The molecule has 2 N–H and O–H groups in total. The summed E-state index contributed by atoms with van der Waals surface area (Å²) in [6.07, 6.45) is -0.638. The zero-order valence-corrected chi connectivity index (χ0v) is 19.5. The minimum absolute atomic E-state index is 0.0785. The van der Waals surface area contributed by atoms with Gasteiger partial charge in [-0.05, 0) is 52.3 Å². The number of nitrogens with one attached hydrogen (secondary N) is 2. The van der Waals surface area contributed by atoms with Gasteiger partial charge in [-0.25, -0.2) is 4.79 Å². The first-order valence-electron chi connectivity index (χ1n) is 11.1. The highest BCUT2D eigenvalue weighted by Gasteiger charge is 2.50. The number of nitrogens with zero attached hydrogens (tertiary/aromatic N) is 1. The molecule has 3 aliphatic rings. The lowest BCUT2D eigenvalue weighted by Crippen LogP contribution is -2.53. The Bertz CT molecular complexity index is 966. The number of morpholine rings is 1. The fraction of sp³-hybridized carbons (Fsp3) is 0.625. The molecule has 3 heterocycles. The summed E-state index contributed by atoms with van der Waals surface area (Å²) in [6, 6.07) is 8.51. The van der Waals surface area contributed by atoms with Gasteiger partial charge in [-0.15, -0.1) is 0 Å². The first-order valence-corrected chi connectivity index (χ1v) is 11.1. The van der Waals surface area contributed by atoms with E-state index in [1.807, 2.05) is 20.8 Å². The summed E-state index contributed by atoms with van der Waals surface area (Å²) in [7, 11) is 0. The summed E-state index contributed by atoms with van der Waals surface area (Å²) in [6.45, 7) is 14.4. The van der Waals surface area contributed by atoms with Crippen LogP contribution in [0.3, 0.4) is 0 Å². The minimum atomic E-state index is -0.508. The first kappa shape index (κ1) is 22.1. The predicted molar refractivity (Wildman–Crippen MR) is 120 cm³/mol. The average Bonchev–Trinajstić information content (AvgIpc) is 3.45. The van der Waals surface area contributed by atoms with E-state index in [4.69, 9.17) is 14.2 Å². The van der Waals surface area contributed by atoms with E-state index in [9.17, 15) is 4.79 Å². The molecule has 0 radical (unpaired) electrons. The van der Waals surface area contributed by atoms with Crippen molar-refractivity contribution in [1.29, 1.82) is 0 Å². The molecule has 2 fully saturated rings. The second-order valence-corrected chi connectivity index (χ2v) is 10.1. The molecule has 0 aromatic heterocycles. The van der Waals surface area contributed by atoms with E-state index >= 15 is 0 Å². The van der Waals surface area contributed by atoms with Gasteiger partial charge in [0.1, 0.15) is 24.0 Å². The van der Waals surface area contributed by atoms with Crippen molar-refractivity contribution in [3.05, 3.63) is 34.7 Å². The molecule has 1 aromatic rings. The lowest BCUT2D eigenvalue weighted by molar-refractivity contribution is -0.0505. The third-order valence-corrected chi connectivity index (χ3v) is 6.08. The van der Waals surface area contributed by atoms with Gasteiger partial charge in [-0.3, -0.25) is 5.32 Å². The van der Waals surface area contributed by atoms with Crippen molar-refractivity contribution in [2.75, 3.05) is 26.2 Å². The van der Waals surface area contributed by atoms with Crippen molar-refractivity contribution in [2.45, 2.75) is 71.1 Å². The van der Waals surface area contributed by atoms with Crippen LogP contribution < -0.4 is 21.1 Å². The van der Waals surface area contributed by atoms with Crippen LogP contribution in [0.25, 0.3) is 11.3 Å². The number of carbonyl (C=O) groups is 1. The Hall–Kier alpha value is -2.09. The van der Waals surface area contributed by atoms with Crippen LogP contribution in [0, 0.1) is 0 Å². The van der Waals surface area contributed by atoms with E-state index in [-0.39, 0.29) is 30.1 Å². The Morgan fingerprint density at radius 1 is 1.19 bits per heavy atom.